The Balaban J connectivity index is 1.54. The fraction of sp³-hybridized carbons (Fsp3) is 0.261. The van der Waals surface area contributed by atoms with Crippen LogP contribution in [-0.4, -0.2) is 64.0 Å². The molecule has 37 heavy (non-hydrogen) atoms. The third-order valence-corrected chi connectivity index (χ3v) is 8.09. The van der Waals surface area contributed by atoms with Crippen LogP contribution in [0.1, 0.15) is 45.6 Å². The number of H-pyrrole nitrogens is 1. The number of aromatic nitrogens is 3. The van der Waals surface area contributed by atoms with Crippen LogP contribution in [0.15, 0.2) is 52.4 Å². The van der Waals surface area contributed by atoms with Gasteiger partial charge in [0, 0.05) is 25.5 Å². The first-order chi connectivity index (χ1) is 17.6. The van der Waals surface area contributed by atoms with Gasteiger partial charge in [-0.3, -0.25) is 19.4 Å². The van der Waals surface area contributed by atoms with Gasteiger partial charge in [-0.15, -0.1) is 0 Å². The minimum Gasteiger partial charge on any atom is -0.501 e. The second-order valence-electron chi connectivity index (χ2n) is 8.17. The third-order valence-electron chi connectivity index (χ3n) is 5.78. The molecule has 3 N–H and O–H groups in total. The number of nitrogens with one attached hydrogen (secondary N) is 2. The maximum absolute atomic E-state index is 13.2. The van der Waals surface area contributed by atoms with Crippen LogP contribution in [0.4, 0.5) is 0 Å². The van der Waals surface area contributed by atoms with Gasteiger partial charge in [0.1, 0.15) is 5.82 Å². The summed E-state index contributed by atoms with van der Waals surface area (Å²) in [4.78, 5) is 50.3. The van der Waals surface area contributed by atoms with Gasteiger partial charge in [0.25, 0.3) is 17.4 Å². The van der Waals surface area contributed by atoms with E-state index in [4.69, 9.17) is 23.2 Å². The molecule has 2 amide bonds. The topological polar surface area (TPSA) is 162 Å². The number of likely N-dealkylation sites (tertiary alicyclic amines) is 1. The quantitative estimate of drug-likeness (QED) is 0.393. The van der Waals surface area contributed by atoms with Crippen molar-refractivity contribution < 1.29 is 23.1 Å². The molecule has 1 fully saturated rings. The molecule has 1 aromatic carbocycles. The van der Waals surface area contributed by atoms with Crippen LogP contribution in [0.5, 0.6) is 5.75 Å². The first-order valence-electron chi connectivity index (χ1n) is 11.1. The van der Waals surface area contributed by atoms with Crippen molar-refractivity contribution in [2.75, 3.05) is 18.8 Å². The fourth-order valence-electron chi connectivity index (χ4n) is 3.98. The summed E-state index contributed by atoms with van der Waals surface area (Å²) < 4.78 is 24.9. The van der Waals surface area contributed by atoms with Gasteiger partial charge in [0.15, 0.2) is 15.5 Å². The number of hydrogen-bond acceptors (Lipinski definition) is 8. The van der Waals surface area contributed by atoms with E-state index in [1.165, 1.54) is 29.4 Å². The molecular weight excluding hydrogens is 545 g/mol. The second-order valence-corrected chi connectivity index (χ2v) is 11.1. The van der Waals surface area contributed by atoms with Crippen LogP contribution in [0.3, 0.4) is 0 Å². The van der Waals surface area contributed by atoms with Gasteiger partial charge in [0.05, 0.1) is 32.3 Å². The van der Waals surface area contributed by atoms with Gasteiger partial charge >= 0.3 is 0 Å². The number of halogens is 2. The number of aromatic hydroxyl groups is 1. The van der Waals surface area contributed by atoms with E-state index in [-0.39, 0.29) is 32.9 Å². The van der Waals surface area contributed by atoms with Crippen molar-refractivity contribution in [2.24, 2.45) is 0 Å². The highest BCUT2D eigenvalue weighted by Gasteiger charge is 2.35. The summed E-state index contributed by atoms with van der Waals surface area (Å²) in [7, 11) is -3.66. The molecule has 0 spiro atoms. The molecule has 1 atom stereocenters. The SMILES string of the molecule is O=C(NCCS(=O)(=O)c1ccccc1)c1nc([C@@H]2CCCN2C(=O)c2c(Cl)cncc2Cl)[nH]c(=O)c1O. The summed E-state index contributed by atoms with van der Waals surface area (Å²) in [6.07, 6.45) is 3.55. The standard InChI is InChI=1S/C23H21Cl2N5O6S/c24-14-11-26-12-15(25)17(14)23(34)30-9-4-7-16(30)20-28-18(19(31)22(33)29-20)21(32)27-8-10-37(35,36)13-5-2-1-3-6-13/h1-3,5-6,11-12,16,31H,4,7-10H2,(H,27,32)(H,28,29,33)/t16-/m0/s1. The number of benzene rings is 1. The highest BCUT2D eigenvalue weighted by Crippen LogP contribution is 2.34. The molecule has 0 bridgehead atoms. The predicted molar refractivity (Wildman–Crippen MR) is 135 cm³/mol. The minimum atomic E-state index is -3.66. The smallest absolute Gasteiger partial charge is 0.294 e. The Bertz CT molecular complexity index is 1490. The number of amides is 2. The number of nitrogens with zero attached hydrogens (tertiary/aromatic N) is 3. The van der Waals surface area contributed by atoms with Gasteiger partial charge < -0.3 is 20.3 Å². The number of carbonyl (C=O) groups is 2. The number of aromatic amines is 1. The maximum Gasteiger partial charge on any atom is 0.294 e. The van der Waals surface area contributed by atoms with Crippen molar-refractivity contribution in [3.8, 4) is 5.75 Å². The van der Waals surface area contributed by atoms with E-state index in [0.29, 0.717) is 19.4 Å². The Kier molecular flexibility index (Phi) is 7.81. The monoisotopic (exact) mass is 565 g/mol. The van der Waals surface area contributed by atoms with Gasteiger partial charge in [-0.25, -0.2) is 13.4 Å². The van der Waals surface area contributed by atoms with Crippen molar-refractivity contribution in [3.05, 3.63) is 80.2 Å². The van der Waals surface area contributed by atoms with E-state index in [9.17, 15) is 27.9 Å². The molecule has 1 saturated heterocycles. The highest BCUT2D eigenvalue weighted by atomic mass is 35.5. The molecule has 0 unspecified atom stereocenters. The molecule has 194 valence electrons. The highest BCUT2D eigenvalue weighted by molar-refractivity contribution is 7.91. The molecule has 14 heteroatoms. The van der Waals surface area contributed by atoms with Crippen molar-refractivity contribution in [1.29, 1.82) is 0 Å². The molecule has 0 radical (unpaired) electrons. The normalized spacial score (nSPS) is 15.5. The van der Waals surface area contributed by atoms with Crippen LogP contribution in [-0.2, 0) is 9.84 Å². The minimum absolute atomic E-state index is 0.0167. The Labute approximate surface area is 221 Å². The van der Waals surface area contributed by atoms with Gasteiger partial charge in [-0.2, -0.15) is 0 Å². The van der Waals surface area contributed by atoms with Crippen molar-refractivity contribution in [1.82, 2.24) is 25.2 Å². The van der Waals surface area contributed by atoms with Crippen LogP contribution in [0.25, 0.3) is 0 Å². The Hall–Kier alpha value is -3.48. The second kappa shape index (κ2) is 10.9. The van der Waals surface area contributed by atoms with Crippen LogP contribution in [0.2, 0.25) is 10.0 Å². The van der Waals surface area contributed by atoms with Crippen LogP contribution >= 0.6 is 23.2 Å². The molecular formula is C23H21Cl2N5O6S. The van der Waals surface area contributed by atoms with Crippen molar-refractivity contribution in [2.45, 2.75) is 23.8 Å². The number of sulfone groups is 1. The number of pyridine rings is 1. The zero-order chi connectivity index (χ0) is 26.7. The van der Waals surface area contributed by atoms with Crippen molar-refractivity contribution >= 4 is 44.9 Å². The first kappa shape index (κ1) is 26.6. The van der Waals surface area contributed by atoms with Crippen LogP contribution in [0, 0.1) is 0 Å². The van der Waals surface area contributed by atoms with Gasteiger partial charge in [-0.05, 0) is 25.0 Å². The summed E-state index contributed by atoms with van der Waals surface area (Å²) in [5.74, 6) is -2.80. The molecule has 0 saturated carbocycles. The number of rotatable bonds is 7. The summed E-state index contributed by atoms with van der Waals surface area (Å²) in [5, 5.41) is 12.7. The van der Waals surface area contributed by atoms with Gasteiger partial charge in [-0.1, -0.05) is 41.4 Å². The lowest BCUT2D eigenvalue weighted by atomic mass is 10.1. The van der Waals surface area contributed by atoms with Gasteiger partial charge in [0.2, 0.25) is 5.75 Å². The summed E-state index contributed by atoms with van der Waals surface area (Å²) >= 11 is 12.3. The van der Waals surface area contributed by atoms with E-state index < -0.39 is 50.4 Å². The number of hydrogen-bond donors (Lipinski definition) is 3. The fourth-order valence-corrected chi connectivity index (χ4v) is 5.69. The molecule has 1 aliphatic rings. The molecule has 3 heterocycles. The first-order valence-corrected chi connectivity index (χ1v) is 13.5. The lowest BCUT2D eigenvalue weighted by molar-refractivity contribution is 0.0729. The van der Waals surface area contributed by atoms with E-state index >= 15 is 0 Å². The predicted octanol–water partition coefficient (Wildman–Crippen LogP) is 2.36. The van der Waals surface area contributed by atoms with E-state index in [0.717, 1.165) is 0 Å². The Morgan fingerprint density at radius 2 is 1.84 bits per heavy atom. The average Bonchev–Trinajstić information content (AvgIpc) is 3.36. The maximum atomic E-state index is 13.2. The molecule has 4 rings (SSSR count). The lowest BCUT2D eigenvalue weighted by Gasteiger charge is -2.25. The van der Waals surface area contributed by atoms with E-state index in [2.05, 4.69) is 20.3 Å². The van der Waals surface area contributed by atoms with Crippen molar-refractivity contribution in [3.63, 3.8) is 0 Å². The molecule has 3 aromatic rings. The van der Waals surface area contributed by atoms with E-state index in [1.807, 2.05) is 0 Å². The molecule has 2 aromatic heterocycles. The summed E-state index contributed by atoms with van der Waals surface area (Å²) in [6, 6.07) is 6.99. The zero-order valence-corrected chi connectivity index (χ0v) is 21.5. The van der Waals surface area contributed by atoms with Crippen LogP contribution < -0.4 is 10.9 Å². The Morgan fingerprint density at radius 3 is 2.51 bits per heavy atom. The molecule has 11 nitrogen and oxygen atoms in total. The molecule has 0 aliphatic carbocycles. The third kappa shape index (κ3) is 5.60. The largest absolute Gasteiger partial charge is 0.501 e. The number of carbonyl (C=O) groups excluding carboxylic acids is 2. The zero-order valence-electron chi connectivity index (χ0n) is 19.1. The average molecular weight is 566 g/mol. The summed E-state index contributed by atoms with van der Waals surface area (Å²) in [6.45, 7) is 0.0222. The van der Waals surface area contributed by atoms with E-state index in [1.54, 1.807) is 18.2 Å². The lowest BCUT2D eigenvalue weighted by Crippen LogP contribution is -2.35. The Morgan fingerprint density at radius 1 is 1.16 bits per heavy atom. The molecule has 1 aliphatic heterocycles. The summed E-state index contributed by atoms with van der Waals surface area (Å²) in [5.41, 5.74) is -1.52.